The van der Waals surface area contributed by atoms with Gasteiger partial charge in [-0.25, -0.2) is 4.39 Å². The van der Waals surface area contributed by atoms with Crippen molar-refractivity contribution in [1.29, 1.82) is 0 Å². The molecule has 0 atom stereocenters. The minimum atomic E-state index is -0.393. The van der Waals surface area contributed by atoms with Crippen LogP contribution in [0.2, 0.25) is 0 Å². The maximum Gasteiger partial charge on any atom is 0.142 e. The van der Waals surface area contributed by atoms with Crippen LogP contribution in [0.4, 0.5) is 4.39 Å². The molecule has 0 aliphatic carbocycles. The third-order valence-corrected chi connectivity index (χ3v) is 2.70. The van der Waals surface area contributed by atoms with Gasteiger partial charge in [0, 0.05) is 36.3 Å². The highest BCUT2D eigenvalue weighted by atomic mass is 35.5. The van der Waals surface area contributed by atoms with Gasteiger partial charge in [0.25, 0.3) is 0 Å². The Labute approximate surface area is 122 Å². The number of ether oxygens (including phenoxy) is 1. The molecule has 1 aromatic carbocycles. The lowest BCUT2D eigenvalue weighted by atomic mass is 10.2. The van der Waals surface area contributed by atoms with E-state index in [0.717, 1.165) is 5.56 Å². The van der Waals surface area contributed by atoms with E-state index in [-0.39, 0.29) is 0 Å². The molecular weight excluding hydrogens is 277 g/mol. The van der Waals surface area contributed by atoms with Crippen molar-refractivity contribution >= 4 is 11.6 Å². The van der Waals surface area contributed by atoms with Gasteiger partial charge >= 0.3 is 0 Å². The fraction of sp³-hybridized carbons (Fsp3) is 0.188. The van der Waals surface area contributed by atoms with Crippen LogP contribution in [0.25, 0.3) is 0 Å². The van der Waals surface area contributed by atoms with Crippen LogP contribution >= 0.6 is 11.6 Å². The molecule has 102 valence electrons. The van der Waals surface area contributed by atoms with E-state index in [1.54, 1.807) is 24.5 Å². The SMILES string of the molecule is Fc1cc(OCc2cccnc2)ccc1C#CCCCl. The molecule has 0 amide bonds. The predicted octanol–water partition coefficient (Wildman–Crippen LogP) is 3.78. The first-order chi connectivity index (χ1) is 9.79. The molecule has 0 bridgehead atoms. The van der Waals surface area contributed by atoms with Gasteiger partial charge in [-0.3, -0.25) is 4.98 Å². The van der Waals surface area contributed by atoms with Crippen LogP contribution < -0.4 is 4.74 Å². The molecule has 0 aliphatic heterocycles. The average Bonchev–Trinajstić information content (AvgIpc) is 2.48. The van der Waals surface area contributed by atoms with Gasteiger partial charge in [-0.05, 0) is 18.2 Å². The Balaban J connectivity index is 2.01. The summed E-state index contributed by atoms with van der Waals surface area (Å²) in [6.07, 6.45) is 3.94. The minimum absolute atomic E-state index is 0.351. The van der Waals surface area contributed by atoms with Crippen molar-refractivity contribution in [1.82, 2.24) is 4.98 Å². The first-order valence-corrected chi connectivity index (χ1v) is 6.69. The van der Waals surface area contributed by atoms with E-state index in [1.807, 2.05) is 12.1 Å². The molecule has 20 heavy (non-hydrogen) atoms. The van der Waals surface area contributed by atoms with Crippen LogP contribution in [0.1, 0.15) is 17.5 Å². The Kier molecular flexibility index (Phi) is 5.40. The Bertz CT molecular complexity index is 619. The number of rotatable bonds is 4. The van der Waals surface area contributed by atoms with Crippen LogP contribution in [0.15, 0.2) is 42.7 Å². The van der Waals surface area contributed by atoms with Crippen LogP contribution in [0, 0.1) is 17.7 Å². The maximum atomic E-state index is 13.8. The highest BCUT2D eigenvalue weighted by molar-refractivity contribution is 6.18. The molecule has 4 heteroatoms. The molecule has 2 rings (SSSR count). The Hall–Kier alpha value is -2.05. The first-order valence-electron chi connectivity index (χ1n) is 6.15. The molecule has 0 saturated carbocycles. The number of pyridine rings is 1. The summed E-state index contributed by atoms with van der Waals surface area (Å²) >= 11 is 5.51. The second-order valence-electron chi connectivity index (χ2n) is 4.03. The zero-order valence-electron chi connectivity index (χ0n) is 10.8. The van der Waals surface area contributed by atoms with Gasteiger partial charge in [-0.1, -0.05) is 17.9 Å². The summed E-state index contributed by atoms with van der Waals surface area (Å²) in [6.45, 7) is 0.352. The van der Waals surface area contributed by atoms with E-state index in [0.29, 0.717) is 30.2 Å². The number of nitrogens with zero attached hydrogens (tertiary/aromatic N) is 1. The second-order valence-corrected chi connectivity index (χ2v) is 4.41. The highest BCUT2D eigenvalue weighted by Gasteiger charge is 2.02. The van der Waals surface area contributed by atoms with Crippen molar-refractivity contribution in [3.63, 3.8) is 0 Å². The monoisotopic (exact) mass is 289 g/mol. The normalized spacial score (nSPS) is 9.70. The van der Waals surface area contributed by atoms with Crippen molar-refractivity contribution in [3.8, 4) is 17.6 Å². The largest absolute Gasteiger partial charge is 0.489 e. The summed E-state index contributed by atoms with van der Waals surface area (Å²) in [5.74, 6) is 6.06. The third kappa shape index (κ3) is 4.25. The fourth-order valence-corrected chi connectivity index (χ4v) is 1.64. The molecule has 0 N–H and O–H groups in total. The van der Waals surface area contributed by atoms with Crippen LogP contribution in [0.3, 0.4) is 0 Å². The van der Waals surface area contributed by atoms with E-state index in [2.05, 4.69) is 16.8 Å². The molecule has 2 nitrogen and oxygen atoms in total. The number of benzene rings is 1. The Morgan fingerprint density at radius 2 is 2.20 bits per heavy atom. The number of halogens is 2. The van der Waals surface area contributed by atoms with Gasteiger partial charge in [0.2, 0.25) is 0 Å². The van der Waals surface area contributed by atoms with Gasteiger partial charge < -0.3 is 4.74 Å². The van der Waals surface area contributed by atoms with Crippen molar-refractivity contribution in [3.05, 3.63) is 59.7 Å². The van der Waals surface area contributed by atoms with Crippen molar-refractivity contribution in [2.24, 2.45) is 0 Å². The first kappa shape index (κ1) is 14.4. The summed E-state index contributed by atoms with van der Waals surface area (Å²) in [6, 6.07) is 8.37. The maximum absolute atomic E-state index is 13.8. The van der Waals surface area contributed by atoms with Gasteiger partial charge in [-0.15, -0.1) is 11.6 Å². The lowest BCUT2D eigenvalue weighted by molar-refractivity contribution is 0.304. The van der Waals surface area contributed by atoms with Gasteiger partial charge in [0.15, 0.2) is 0 Å². The summed E-state index contributed by atoms with van der Waals surface area (Å²) in [5.41, 5.74) is 1.28. The van der Waals surface area contributed by atoms with Crippen molar-refractivity contribution < 1.29 is 9.13 Å². The molecule has 1 aromatic heterocycles. The summed E-state index contributed by atoms with van der Waals surface area (Å²) in [5, 5.41) is 0. The number of hydrogen-bond acceptors (Lipinski definition) is 2. The minimum Gasteiger partial charge on any atom is -0.489 e. The summed E-state index contributed by atoms with van der Waals surface area (Å²) in [4.78, 5) is 3.99. The number of alkyl halides is 1. The lowest BCUT2D eigenvalue weighted by Gasteiger charge is -2.06. The predicted molar refractivity (Wildman–Crippen MR) is 77.2 cm³/mol. The smallest absolute Gasteiger partial charge is 0.142 e. The lowest BCUT2D eigenvalue weighted by Crippen LogP contribution is -1.96. The van der Waals surface area contributed by atoms with E-state index in [1.165, 1.54) is 6.07 Å². The molecule has 0 unspecified atom stereocenters. The standard InChI is InChI=1S/C16H13ClFNO/c17-8-2-1-5-14-6-7-15(10-16(14)18)20-12-13-4-3-9-19-11-13/h3-4,6-7,9-11H,2,8,12H2. The van der Waals surface area contributed by atoms with Gasteiger partial charge in [0.05, 0.1) is 5.56 Å². The number of aromatic nitrogens is 1. The van der Waals surface area contributed by atoms with Gasteiger partial charge in [0.1, 0.15) is 18.2 Å². The van der Waals surface area contributed by atoms with Crippen LogP contribution in [-0.4, -0.2) is 10.9 Å². The zero-order valence-corrected chi connectivity index (χ0v) is 11.5. The van der Waals surface area contributed by atoms with Crippen molar-refractivity contribution in [2.45, 2.75) is 13.0 Å². The van der Waals surface area contributed by atoms with Crippen molar-refractivity contribution in [2.75, 3.05) is 5.88 Å². The van der Waals surface area contributed by atoms with E-state index in [4.69, 9.17) is 16.3 Å². The Morgan fingerprint density at radius 1 is 1.30 bits per heavy atom. The highest BCUT2D eigenvalue weighted by Crippen LogP contribution is 2.17. The summed E-state index contributed by atoms with van der Waals surface area (Å²) < 4.78 is 19.3. The Morgan fingerprint density at radius 3 is 2.90 bits per heavy atom. The fourth-order valence-electron chi connectivity index (χ4n) is 1.54. The second kappa shape index (κ2) is 7.52. The molecule has 1 heterocycles. The van der Waals surface area contributed by atoms with Crippen LogP contribution in [0.5, 0.6) is 5.75 Å². The quantitative estimate of drug-likeness (QED) is 0.631. The molecule has 0 fully saturated rings. The average molecular weight is 290 g/mol. The molecule has 0 radical (unpaired) electrons. The molecule has 2 aromatic rings. The molecular formula is C16H13ClFNO. The molecule has 0 saturated heterocycles. The van der Waals surface area contributed by atoms with Crippen LogP contribution in [-0.2, 0) is 6.61 Å². The third-order valence-electron chi connectivity index (χ3n) is 2.51. The summed E-state index contributed by atoms with van der Waals surface area (Å²) in [7, 11) is 0. The molecule has 0 spiro atoms. The van der Waals surface area contributed by atoms with E-state index in [9.17, 15) is 4.39 Å². The van der Waals surface area contributed by atoms with E-state index < -0.39 is 5.82 Å². The van der Waals surface area contributed by atoms with Gasteiger partial charge in [-0.2, -0.15) is 0 Å². The number of hydrogen-bond donors (Lipinski definition) is 0. The topological polar surface area (TPSA) is 22.1 Å². The molecule has 0 aliphatic rings. The van der Waals surface area contributed by atoms with E-state index >= 15 is 0 Å². The zero-order chi connectivity index (χ0) is 14.2.